The number of carbonyl (C=O) groups excluding carboxylic acids is 2. The van der Waals surface area contributed by atoms with Crippen LogP contribution in [0.3, 0.4) is 0 Å². The molecule has 0 saturated heterocycles. The molecule has 0 aliphatic rings. The summed E-state index contributed by atoms with van der Waals surface area (Å²) in [6, 6.07) is -0.586. The molecular weight excluding hydrogens is 238 g/mol. The first kappa shape index (κ1) is 14.1. The molecule has 1 heterocycles. The predicted octanol–water partition coefficient (Wildman–Crippen LogP) is -0.842. The van der Waals surface area contributed by atoms with Crippen LogP contribution in [0.1, 0.15) is 36.8 Å². The van der Waals surface area contributed by atoms with Crippen molar-refractivity contribution in [3.05, 3.63) is 11.7 Å². The Morgan fingerprint density at radius 1 is 1.50 bits per heavy atom. The Morgan fingerprint density at radius 2 is 2.17 bits per heavy atom. The Labute approximate surface area is 104 Å². The largest absolute Gasteiger partial charge is 0.361 e. The molecule has 0 spiro atoms. The molecule has 1 aromatic heterocycles. The van der Waals surface area contributed by atoms with Crippen LogP contribution < -0.4 is 16.8 Å². The second kappa shape index (κ2) is 6.10. The van der Waals surface area contributed by atoms with E-state index in [0.29, 0.717) is 0 Å². The van der Waals surface area contributed by atoms with Crippen molar-refractivity contribution in [3.63, 3.8) is 0 Å². The third-order valence-corrected chi connectivity index (χ3v) is 2.66. The first-order valence-electron chi connectivity index (χ1n) is 5.61. The Hall–Kier alpha value is -1.96. The van der Waals surface area contributed by atoms with Crippen LogP contribution >= 0.6 is 0 Å². The predicted molar refractivity (Wildman–Crippen MR) is 62.1 cm³/mol. The number of nitrogens with one attached hydrogen (secondary N) is 1. The summed E-state index contributed by atoms with van der Waals surface area (Å²) in [6.45, 7) is 3.89. The summed E-state index contributed by atoms with van der Waals surface area (Å²) >= 11 is 0. The van der Waals surface area contributed by atoms with Crippen molar-refractivity contribution in [2.45, 2.75) is 32.9 Å². The maximum Gasteiger partial charge on any atom is 0.315 e. The monoisotopic (exact) mass is 255 g/mol. The van der Waals surface area contributed by atoms with Gasteiger partial charge in [-0.2, -0.15) is 4.98 Å². The molecule has 2 atom stereocenters. The first-order valence-corrected chi connectivity index (χ1v) is 5.61. The van der Waals surface area contributed by atoms with Crippen LogP contribution in [0, 0.1) is 5.92 Å². The molecule has 1 rings (SSSR count). The second-order valence-corrected chi connectivity index (χ2v) is 4.01. The van der Waals surface area contributed by atoms with Crippen molar-refractivity contribution in [1.29, 1.82) is 0 Å². The maximum absolute atomic E-state index is 11.6. The van der Waals surface area contributed by atoms with Crippen molar-refractivity contribution in [1.82, 2.24) is 15.5 Å². The topological polar surface area (TPSA) is 137 Å². The molecule has 0 unspecified atom stereocenters. The summed E-state index contributed by atoms with van der Waals surface area (Å²) in [7, 11) is 0. The quantitative estimate of drug-likeness (QED) is 0.606. The molecule has 5 N–H and O–H groups in total. The zero-order valence-corrected chi connectivity index (χ0v) is 10.3. The molecular formula is C10H17N5O3. The maximum atomic E-state index is 11.6. The molecule has 0 bridgehead atoms. The highest BCUT2D eigenvalue weighted by molar-refractivity contribution is 5.87. The molecule has 0 aliphatic heterocycles. The number of hydrogen-bond donors (Lipinski definition) is 3. The lowest BCUT2D eigenvalue weighted by molar-refractivity contribution is -0.123. The summed E-state index contributed by atoms with van der Waals surface area (Å²) in [5.74, 6) is -1.14. The summed E-state index contributed by atoms with van der Waals surface area (Å²) in [6.07, 6.45) is 0.808. The van der Waals surface area contributed by atoms with Crippen molar-refractivity contribution < 1.29 is 14.1 Å². The molecule has 8 nitrogen and oxygen atoms in total. The molecule has 0 aliphatic carbocycles. The lowest BCUT2D eigenvalue weighted by atomic mass is 9.99. The molecule has 0 saturated carbocycles. The Balaban J connectivity index is 2.49. The van der Waals surface area contributed by atoms with Crippen LogP contribution in [0.4, 0.5) is 0 Å². The smallest absolute Gasteiger partial charge is 0.315 e. The first-order chi connectivity index (χ1) is 8.45. The number of nitrogens with zero attached hydrogens (tertiary/aromatic N) is 2. The Kier molecular flexibility index (Phi) is 4.78. The minimum atomic E-state index is -0.809. The SMILES string of the molecule is CC[C@H](C)[C@H](N)C(=O)NCc1noc(C(N)=O)n1. The van der Waals surface area contributed by atoms with E-state index in [9.17, 15) is 9.59 Å². The fourth-order valence-corrected chi connectivity index (χ4v) is 1.22. The minimum Gasteiger partial charge on any atom is -0.361 e. The molecule has 0 fully saturated rings. The number of aromatic nitrogens is 2. The van der Waals surface area contributed by atoms with Gasteiger partial charge in [0.1, 0.15) is 0 Å². The van der Waals surface area contributed by atoms with Gasteiger partial charge in [0, 0.05) is 0 Å². The van der Waals surface area contributed by atoms with Crippen LogP contribution in [-0.2, 0) is 11.3 Å². The van der Waals surface area contributed by atoms with E-state index in [4.69, 9.17) is 11.5 Å². The Bertz CT molecular complexity index is 431. The van der Waals surface area contributed by atoms with Crippen LogP contribution in [0.15, 0.2) is 4.52 Å². The minimum absolute atomic E-state index is 0.0414. The lowest BCUT2D eigenvalue weighted by Crippen LogP contribution is -2.44. The van der Waals surface area contributed by atoms with Gasteiger partial charge in [0.15, 0.2) is 5.82 Å². The van der Waals surface area contributed by atoms with E-state index in [-0.39, 0.29) is 30.1 Å². The van der Waals surface area contributed by atoms with Gasteiger partial charge in [-0.25, -0.2) is 0 Å². The number of primary amides is 1. The summed E-state index contributed by atoms with van der Waals surface area (Å²) in [4.78, 5) is 26.0. The normalized spacial score (nSPS) is 13.9. The second-order valence-electron chi connectivity index (χ2n) is 4.01. The highest BCUT2D eigenvalue weighted by Gasteiger charge is 2.20. The molecule has 8 heteroatoms. The fourth-order valence-electron chi connectivity index (χ4n) is 1.22. The molecule has 18 heavy (non-hydrogen) atoms. The van der Waals surface area contributed by atoms with E-state index in [1.54, 1.807) is 0 Å². The third kappa shape index (κ3) is 3.52. The molecule has 2 amide bonds. The van der Waals surface area contributed by atoms with E-state index >= 15 is 0 Å². The van der Waals surface area contributed by atoms with Gasteiger partial charge in [0.2, 0.25) is 5.91 Å². The lowest BCUT2D eigenvalue weighted by Gasteiger charge is -2.16. The summed E-state index contributed by atoms with van der Waals surface area (Å²) in [5, 5.41) is 6.06. The van der Waals surface area contributed by atoms with Crippen molar-refractivity contribution >= 4 is 11.8 Å². The molecule has 0 radical (unpaired) electrons. The number of hydrogen-bond acceptors (Lipinski definition) is 6. The summed E-state index contributed by atoms with van der Waals surface area (Å²) in [5.41, 5.74) is 10.7. The van der Waals surface area contributed by atoms with E-state index < -0.39 is 11.9 Å². The van der Waals surface area contributed by atoms with Gasteiger partial charge >= 0.3 is 11.8 Å². The van der Waals surface area contributed by atoms with Crippen LogP contribution in [0.2, 0.25) is 0 Å². The third-order valence-electron chi connectivity index (χ3n) is 2.66. The van der Waals surface area contributed by atoms with Crippen molar-refractivity contribution in [2.75, 3.05) is 0 Å². The number of nitrogens with two attached hydrogens (primary N) is 2. The number of amides is 2. The van der Waals surface area contributed by atoms with Gasteiger partial charge in [-0.15, -0.1) is 0 Å². The average Bonchev–Trinajstić information content (AvgIpc) is 2.82. The van der Waals surface area contributed by atoms with E-state index in [1.165, 1.54) is 0 Å². The van der Waals surface area contributed by atoms with Gasteiger partial charge in [0.25, 0.3) is 0 Å². The van der Waals surface area contributed by atoms with E-state index in [0.717, 1.165) is 6.42 Å². The molecule has 0 aromatic carbocycles. The van der Waals surface area contributed by atoms with Gasteiger partial charge in [0.05, 0.1) is 12.6 Å². The van der Waals surface area contributed by atoms with Crippen LogP contribution in [0.5, 0.6) is 0 Å². The summed E-state index contributed by atoms with van der Waals surface area (Å²) < 4.78 is 4.57. The number of rotatable bonds is 6. The van der Waals surface area contributed by atoms with Gasteiger partial charge in [-0.1, -0.05) is 25.4 Å². The number of carbonyl (C=O) groups is 2. The van der Waals surface area contributed by atoms with Crippen molar-refractivity contribution in [2.24, 2.45) is 17.4 Å². The van der Waals surface area contributed by atoms with Gasteiger partial charge < -0.3 is 21.3 Å². The van der Waals surface area contributed by atoms with Crippen LogP contribution in [-0.4, -0.2) is 28.0 Å². The highest BCUT2D eigenvalue weighted by atomic mass is 16.5. The van der Waals surface area contributed by atoms with Crippen LogP contribution in [0.25, 0.3) is 0 Å². The van der Waals surface area contributed by atoms with Gasteiger partial charge in [-0.05, 0) is 5.92 Å². The highest BCUT2D eigenvalue weighted by Crippen LogP contribution is 2.05. The molecule has 1 aromatic rings. The molecule has 100 valence electrons. The van der Waals surface area contributed by atoms with Crippen molar-refractivity contribution in [3.8, 4) is 0 Å². The zero-order chi connectivity index (χ0) is 13.7. The van der Waals surface area contributed by atoms with E-state index in [1.807, 2.05) is 13.8 Å². The zero-order valence-electron chi connectivity index (χ0n) is 10.3. The fraction of sp³-hybridized carbons (Fsp3) is 0.600. The average molecular weight is 255 g/mol. The Morgan fingerprint density at radius 3 is 2.67 bits per heavy atom. The van der Waals surface area contributed by atoms with E-state index in [2.05, 4.69) is 20.0 Å². The standard InChI is InChI=1S/C10H17N5O3/c1-3-5(2)7(11)9(17)13-4-6-14-10(8(12)16)18-15-6/h5,7H,3-4,11H2,1-2H3,(H2,12,16)(H,13,17)/t5-,7-/m0/s1. The van der Waals surface area contributed by atoms with Gasteiger partial charge in [-0.3, -0.25) is 9.59 Å².